The van der Waals surface area contributed by atoms with E-state index in [1.54, 1.807) is 17.8 Å². The first-order chi connectivity index (χ1) is 10.4. The average molecular weight is 318 g/mol. The fourth-order valence-corrected chi connectivity index (χ4v) is 3.56. The predicted molar refractivity (Wildman–Crippen MR) is 80.9 cm³/mol. The lowest BCUT2D eigenvalue weighted by molar-refractivity contribution is -0.0677. The monoisotopic (exact) mass is 318 g/mol. The second-order valence-electron chi connectivity index (χ2n) is 5.75. The molecule has 3 aromatic rings. The van der Waals surface area contributed by atoms with Crippen molar-refractivity contribution in [2.24, 2.45) is 4.99 Å². The smallest absolute Gasteiger partial charge is 0.270 e. The van der Waals surface area contributed by atoms with Crippen molar-refractivity contribution in [3.05, 3.63) is 52.0 Å². The maximum absolute atomic E-state index is 14.6. The summed E-state index contributed by atoms with van der Waals surface area (Å²) in [7, 11) is 0. The third-order valence-electron chi connectivity index (χ3n) is 3.91. The Morgan fingerprint density at radius 3 is 2.82 bits per heavy atom. The fraction of sp³-hybridized carbons (Fsp3) is 0.267. The van der Waals surface area contributed by atoms with Gasteiger partial charge in [0.1, 0.15) is 5.54 Å². The number of halogens is 2. The second kappa shape index (κ2) is 4.19. The van der Waals surface area contributed by atoms with Gasteiger partial charge in [-0.2, -0.15) is 23.6 Å². The molecule has 4 nitrogen and oxygen atoms in total. The molecule has 3 aromatic heterocycles. The Kier molecular flexibility index (Phi) is 2.57. The summed E-state index contributed by atoms with van der Waals surface area (Å²) in [5.74, 6) is -2.99. The van der Waals surface area contributed by atoms with Gasteiger partial charge in [0.15, 0.2) is 0 Å². The summed E-state index contributed by atoms with van der Waals surface area (Å²) in [6.07, 6.45) is 3.26. The van der Waals surface area contributed by atoms with Crippen molar-refractivity contribution in [3.8, 4) is 0 Å². The van der Waals surface area contributed by atoms with Crippen molar-refractivity contribution >= 4 is 22.6 Å². The lowest BCUT2D eigenvalue weighted by atomic mass is 9.86. The molecule has 4 heterocycles. The highest BCUT2D eigenvalue weighted by molar-refractivity contribution is 7.12. The molecule has 7 heteroatoms. The summed E-state index contributed by atoms with van der Waals surface area (Å²) in [6, 6.07) is 5.16. The number of thiophene rings is 1. The van der Waals surface area contributed by atoms with Crippen LogP contribution in [0.2, 0.25) is 0 Å². The minimum absolute atomic E-state index is 0.0425. The van der Waals surface area contributed by atoms with Gasteiger partial charge in [-0.1, -0.05) is 0 Å². The molecule has 0 aliphatic carbocycles. The molecule has 1 aliphatic heterocycles. The van der Waals surface area contributed by atoms with E-state index in [4.69, 9.17) is 0 Å². The Hall–Kier alpha value is -2.15. The standard InChI is InChI=1S/C15H12F2N4S/c1-14(2)15(16,17)11-4-6-22-13(11)12(20-14)9-7-10-3-5-18-21(10)19-8-9/h3-8H,1-2H3. The molecule has 0 amide bonds. The molecule has 0 radical (unpaired) electrons. The fourth-order valence-electron chi connectivity index (χ4n) is 2.62. The molecule has 0 fully saturated rings. The summed E-state index contributed by atoms with van der Waals surface area (Å²) < 4.78 is 30.6. The topological polar surface area (TPSA) is 42.5 Å². The van der Waals surface area contributed by atoms with Crippen LogP contribution in [0.5, 0.6) is 0 Å². The summed E-state index contributed by atoms with van der Waals surface area (Å²) in [4.78, 5) is 4.86. The lowest BCUT2D eigenvalue weighted by Crippen LogP contribution is -2.43. The minimum Gasteiger partial charge on any atom is -0.270 e. The second-order valence-corrected chi connectivity index (χ2v) is 6.66. The summed E-state index contributed by atoms with van der Waals surface area (Å²) >= 11 is 1.28. The highest BCUT2D eigenvalue weighted by atomic mass is 32.1. The zero-order valence-corrected chi connectivity index (χ0v) is 12.7. The maximum Gasteiger partial charge on any atom is 0.298 e. The third kappa shape index (κ3) is 1.68. The molecule has 0 atom stereocenters. The van der Waals surface area contributed by atoms with Gasteiger partial charge in [0.2, 0.25) is 0 Å². The molecule has 0 aromatic carbocycles. The highest BCUT2D eigenvalue weighted by Crippen LogP contribution is 2.48. The Balaban J connectivity index is 1.96. The molecule has 0 bridgehead atoms. The Bertz CT molecular complexity index is 907. The predicted octanol–water partition coefficient (Wildman–Crippen LogP) is 3.51. The van der Waals surface area contributed by atoms with Gasteiger partial charge >= 0.3 is 0 Å². The van der Waals surface area contributed by atoms with E-state index in [0.29, 0.717) is 10.6 Å². The van der Waals surface area contributed by atoms with Crippen molar-refractivity contribution in [3.63, 3.8) is 0 Å². The van der Waals surface area contributed by atoms with Crippen LogP contribution in [0.3, 0.4) is 0 Å². The molecule has 1 aliphatic rings. The van der Waals surface area contributed by atoms with Crippen LogP contribution in [0.1, 0.15) is 29.9 Å². The van der Waals surface area contributed by atoms with Crippen molar-refractivity contribution < 1.29 is 8.78 Å². The van der Waals surface area contributed by atoms with Gasteiger partial charge in [0, 0.05) is 11.1 Å². The van der Waals surface area contributed by atoms with E-state index in [9.17, 15) is 8.78 Å². The normalized spacial score (nSPS) is 19.0. The van der Waals surface area contributed by atoms with Crippen LogP contribution < -0.4 is 0 Å². The average Bonchev–Trinajstić information content (AvgIpc) is 3.11. The van der Waals surface area contributed by atoms with Crippen molar-refractivity contribution in [1.29, 1.82) is 0 Å². The van der Waals surface area contributed by atoms with Crippen LogP contribution in [0.25, 0.3) is 5.52 Å². The van der Waals surface area contributed by atoms with Crippen molar-refractivity contribution in [2.75, 3.05) is 0 Å². The lowest BCUT2D eigenvalue weighted by Gasteiger charge is -2.35. The first-order valence-corrected chi connectivity index (χ1v) is 7.64. The van der Waals surface area contributed by atoms with Crippen LogP contribution in [0, 0.1) is 0 Å². The van der Waals surface area contributed by atoms with Gasteiger partial charge in [-0.05, 0) is 37.4 Å². The molecule has 0 saturated carbocycles. The number of hydrogen-bond acceptors (Lipinski definition) is 4. The van der Waals surface area contributed by atoms with E-state index in [1.807, 2.05) is 12.1 Å². The molecule has 112 valence electrons. The molecule has 0 N–H and O–H groups in total. The quantitative estimate of drug-likeness (QED) is 0.689. The van der Waals surface area contributed by atoms with Crippen LogP contribution in [0.4, 0.5) is 8.78 Å². The summed E-state index contributed by atoms with van der Waals surface area (Å²) in [5.41, 5.74) is 0.634. The third-order valence-corrected chi connectivity index (χ3v) is 4.83. The van der Waals surface area contributed by atoms with Crippen LogP contribution in [-0.2, 0) is 5.92 Å². The van der Waals surface area contributed by atoms with E-state index in [1.165, 1.54) is 35.9 Å². The van der Waals surface area contributed by atoms with E-state index in [-0.39, 0.29) is 5.56 Å². The maximum atomic E-state index is 14.6. The molecule has 0 spiro atoms. The van der Waals surface area contributed by atoms with E-state index >= 15 is 0 Å². The van der Waals surface area contributed by atoms with Crippen LogP contribution in [0.15, 0.2) is 41.0 Å². The van der Waals surface area contributed by atoms with Crippen molar-refractivity contribution in [1.82, 2.24) is 14.8 Å². The van der Waals surface area contributed by atoms with E-state index < -0.39 is 11.5 Å². The van der Waals surface area contributed by atoms with Crippen LogP contribution >= 0.6 is 11.3 Å². The Labute approximate surface area is 129 Å². The zero-order chi connectivity index (χ0) is 15.5. The van der Waals surface area contributed by atoms with Gasteiger partial charge < -0.3 is 0 Å². The zero-order valence-electron chi connectivity index (χ0n) is 11.9. The SMILES string of the molecule is CC1(C)N=C(c2cnn3nccc3c2)c2sccc2C1(F)F. The Morgan fingerprint density at radius 2 is 2.00 bits per heavy atom. The molecular weight excluding hydrogens is 306 g/mol. The first kappa shape index (κ1) is 13.5. The van der Waals surface area contributed by atoms with E-state index in [0.717, 1.165) is 11.1 Å². The number of aliphatic imine (C=N–C) groups is 1. The number of nitrogens with zero attached hydrogens (tertiary/aromatic N) is 4. The molecule has 0 unspecified atom stereocenters. The highest BCUT2D eigenvalue weighted by Gasteiger charge is 2.53. The number of alkyl halides is 2. The van der Waals surface area contributed by atoms with Gasteiger partial charge in [0.05, 0.1) is 28.5 Å². The van der Waals surface area contributed by atoms with E-state index in [2.05, 4.69) is 15.2 Å². The Morgan fingerprint density at radius 1 is 1.18 bits per heavy atom. The summed E-state index contributed by atoms with van der Waals surface area (Å²) in [6.45, 7) is 2.91. The number of rotatable bonds is 1. The minimum atomic E-state index is -2.99. The number of fused-ring (bicyclic) bond motifs is 2. The van der Waals surface area contributed by atoms with Gasteiger partial charge in [0.25, 0.3) is 5.92 Å². The molecular formula is C15H12F2N4S. The van der Waals surface area contributed by atoms with Crippen molar-refractivity contribution in [2.45, 2.75) is 25.3 Å². The first-order valence-electron chi connectivity index (χ1n) is 6.77. The number of aromatic nitrogens is 3. The summed E-state index contributed by atoms with van der Waals surface area (Å²) in [5, 5.41) is 9.92. The van der Waals surface area contributed by atoms with Gasteiger partial charge in [-0.25, -0.2) is 0 Å². The van der Waals surface area contributed by atoms with Gasteiger partial charge in [-0.15, -0.1) is 11.3 Å². The molecule has 0 saturated heterocycles. The van der Waals surface area contributed by atoms with Gasteiger partial charge in [-0.3, -0.25) is 4.99 Å². The van der Waals surface area contributed by atoms with Crippen LogP contribution in [-0.4, -0.2) is 26.1 Å². The molecule has 22 heavy (non-hydrogen) atoms. The molecule has 4 rings (SSSR count). The largest absolute Gasteiger partial charge is 0.298 e. The number of hydrogen-bond donors (Lipinski definition) is 0.